The molecule has 0 saturated carbocycles. The monoisotopic (exact) mass is 296 g/mol. The molecule has 1 aromatic carbocycles. The standard InChI is InChI=1S/C17H20N4O/c18-17(22)14-5-3-13(4-6-14)12-21-9-8-20-11-16(21)15-2-1-7-19-10-15/h1-7,10,16,20H,8-9,11-12H2,(H2,18,22). The van der Waals surface area contributed by atoms with Crippen molar-refractivity contribution in [1.82, 2.24) is 15.2 Å². The molecule has 0 aliphatic carbocycles. The van der Waals surface area contributed by atoms with Gasteiger partial charge in [0.25, 0.3) is 0 Å². The zero-order valence-electron chi connectivity index (χ0n) is 12.4. The summed E-state index contributed by atoms with van der Waals surface area (Å²) in [4.78, 5) is 17.8. The van der Waals surface area contributed by atoms with Crippen LogP contribution in [0, 0.1) is 0 Å². The number of nitrogens with zero attached hydrogens (tertiary/aromatic N) is 2. The number of nitrogens with one attached hydrogen (secondary N) is 1. The molecule has 1 atom stereocenters. The molecule has 1 saturated heterocycles. The van der Waals surface area contributed by atoms with E-state index in [1.54, 1.807) is 18.3 Å². The zero-order chi connectivity index (χ0) is 15.4. The van der Waals surface area contributed by atoms with Crippen LogP contribution in [0.25, 0.3) is 0 Å². The Morgan fingerprint density at radius 2 is 2.14 bits per heavy atom. The van der Waals surface area contributed by atoms with Gasteiger partial charge in [-0.3, -0.25) is 14.7 Å². The molecule has 1 aliphatic heterocycles. The van der Waals surface area contributed by atoms with E-state index >= 15 is 0 Å². The van der Waals surface area contributed by atoms with Gasteiger partial charge in [0.05, 0.1) is 0 Å². The minimum atomic E-state index is -0.387. The van der Waals surface area contributed by atoms with Crippen LogP contribution in [0.4, 0.5) is 0 Å². The van der Waals surface area contributed by atoms with Crippen molar-refractivity contribution < 1.29 is 4.79 Å². The van der Waals surface area contributed by atoms with Crippen molar-refractivity contribution in [3.05, 3.63) is 65.5 Å². The van der Waals surface area contributed by atoms with E-state index < -0.39 is 0 Å². The van der Waals surface area contributed by atoms with Crippen LogP contribution < -0.4 is 11.1 Å². The lowest BCUT2D eigenvalue weighted by Gasteiger charge is -2.36. The molecule has 0 spiro atoms. The lowest BCUT2D eigenvalue weighted by Crippen LogP contribution is -2.45. The quantitative estimate of drug-likeness (QED) is 0.893. The summed E-state index contributed by atoms with van der Waals surface area (Å²) in [6.07, 6.45) is 3.73. The van der Waals surface area contributed by atoms with Crippen LogP contribution in [0.3, 0.4) is 0 Å². The first-order valence-electron chi connectivity index (χ1n) is 7.47. The summed E-state index contributed by atoms with van der Waals surface area (Å²) in [5, 5.41) is 3.44. The van der Waals surface area contributed by atoms with Crippen molar-refractivity contribution >= 4 is 5.91 Å². The fraction of sp³-hybridized carbons (Fsp3) is 0.294. The predicted molar refractivity (Wildman–Crippen MR) is 85.2 cm³/mol. The highest BCUT2D eigenvalue weighted by Crippen LogP contribution is 2.23. The second-order valence-corrected chi connectivity index (χ2v) is 5.54. The average molecular weight is 296 g/mol. The van der Waals surface area contributed by atoms with Gasteiger partial charge in [0.2, 0.25) is 5.91 Å². The molecule has 2 heterocycles. The number of piperazine rings is 1. The highest BCUT2D eigenvalue weighted by molar-refractivity contribution is 5.92. The van der Waals surface area contributed by atoms with Gasteiger partial charge in [-0.05, 0) is 29.3 Å². The Hall–Kier alpha value is -2.24. The van der Waals surface area contributed by atoms with Crippen LogP contribution in [-0.4, -0.2) is 35.4 Å². The lowest BCUT2D eigenvalue weighted by molar-refractivity contribution is 0.1000. The van der Waals surface area contributed by atoms with E-state index in [4.69, 9.17) is 5.73 Å². The van der Waals surface area contributed by atoms with E-state index in [0.717, 1.165) is 26.2 Å². The van der Waals surface area contributed by atoms with Crippen molar-refractivity contribution in [3.8, 4) is 0 Å². The van der Waals surface area contributed by atoms with Crippen molar-refractivity contribution in [2.24, 2.45) is 5.73 Å². The van der Waals surface area contributed by atoms with Gasteiger partial charge in [0.15, 0.2) is 0 Å². The summed E-state index contributed by atoms with van der Waals surface area (Å²) in [6, 6.07) is 11.9. The third-order valence-electron chi connectivity index (χ3n) is 4.05. The van der Waals surface area contributed by atoms with E-state index in [2.05, 4.69) is 21.3 Å². The number of carbonyl (C=O) groups is 1. The molecule has 2 aromatic rings. The molecule has 0 radical (unpaired) electrons. The number of pyridine rings is 1. The van der Waals surface area contributed by atoms with Crippen LogP contribution in [0.2, 0.25) is 0 Å². The molecule has 1 fully saturated rings. The van der Waals surface area contributed by atoms with Gasteiger partial charge in [-0.15, -0.1) is 0 Å². The smallest absolute Gasteiger partial charge is 0.248 e. The molecule has 22 heavy (non-hydrogen) atoms. The van der Waals surface area contributed by atoms with E-state index in [-0.39, 0.29) is 5.91 Å². The number of amides is 1. The molecule has 1 unspecified atom stereocenters. The Balaban J connectivity index is 1.75. The average Bonchev–Trinajstić information content (AvgIpc) is 2.57. The fourth-order valence-corrected chi connectivity index (χ4v) is 2.85. The van der Waals surface area contributed by atoms with Gasteiger partial charge >= 0.3 is 0 Å². The van der Waals surface area contributed by atoms with Gasteiger partial charge in [-0.2, -0.15) is 0 Å². The molecule has 1 aliphatic rings. The van der Waals surface area contributed by atoms with Gasteiger partial charge in [-0.1, -0.05) is 18.2 Å². The second-order valence-electron chi connectivity index (χ2n) is 5.54. The Morgan fingerprint density at radius 1 is 1.32 bits per heavy atom. The molecule has 1 aromatic heterocycles. The van der Waals surface area contributed by atoms with Crippen LogP contribution >= 0.6 is 0 Å². The molecule has 3 rings (SSSR count). The van der Waals surface area contributed by atoms with Gasteiger partial charge in [-0.25, -0.2) is 0 Å². The summed E-state index contributed by atoms with van der Waals surface area (Å²) in [6.45, 7) is 3.73. The van der Waals surface area contributed by atoms with E-state index in [9.17, 15) is 4.79 Å². The molecular weight excluding hydrogens is 276 g/mol. The molecule has 5 heteroatoms. The molecule has 3 N–H and O–H groups in total. The van der Waals surface area contributed by atoms with E-state index in [0.29, 0.717) is 11.6 Å². The molecular formula is C17H20N4O. The maximum absolute atomic E-state index is 11.1. The number of hydrogen-bond donors (Lipinski definition) is 2. The van der Waals surface area contributed by atoms with Crippen molar-refractivity contribution in [1.29, 1.82) is 0 Å². The summed E-state index contributed by atoms with van der Waals surface area (Å²) < 4.78 is 0. The largest absolute Gasteiger partial charge is 0.366 e. The molecule has 5 nitrogen and oxygen atoms in total. The molecule has 1 amide bonds. The molecule has 114 valence electrons. The van der Waals surface area contributed by atoms with Crippen LogP contribution in [0.1, 0.15) is 27.5 Å². The summed E-state index contributed by atoms with van der Waals surface area (Å²) in [7, 11) is 0. The van der Waals surface area contributed by atoms with Crippen LogP contribution in [-0.2, 0) is 6.54 Å². The van der Waals surface area contributed by atoms with E-state index in [1.807, 2.05) is 24.4 Å². The number of benzene rings is 1. The van der Waals surface area contributed by atoms with Crippen molar-refractivity contribution in [3.63, 3.8) is 0 Å². The third kappa shape index (κ3) is 3.32. The SMILES string of the molecule is NC(=O)c1ccc(CN2CCNCC2c2cccnc2)cc1. The highest BCUT2D eigenvalue weighted by atomic mass is 16.1. The maximum Gasteiger partial charge on any atom is 0.248 e. The number of rotatable bonds is 4. The fourth-order valence-electron chi connectivity index (χ4n) is 2.85. The Bertz CT molecular complexity index is 627. The van der Waals surface area contributed by atoms with Crippen LogP contribution in [0.15, 0.2) is 48.8 Å². The minimum absolute atomic E-state index is 0.318. The van der Waals surface area contributed by atoms with Gasteiger partial charge < -0.3 is 11.1 Å². The number of aromatic nitrogens is 1. The number of primary amides is 1. The van der Waals surface area contributed by atoms with Crippen molar-refractivity contribution in [2.75, 3.05) is 19.6 Å². The second kappa shape index (κ2) is 6.68. The lowest BCUT2D eigenvalue weighted by atomic mass is 10.0. The number of nitrogens with two attached hydrogens (primary N) is 1. The Kier molecular flexibility index (Phi) is 4.46. The zero-order valence-corrected chi connectivity index (χ0v) is 12.4. The molecule has 0 bridgehead atoms. The van der Waals surface area contributed by atoms with E-state index in [1.165, 1.54) is 11.1 Å². The topological polar surface area (TPSA) is 71.2 Å². The first-order chi connectivity index (χ1) is 10.7. The third-order valence-corrected chi connectivity index (χ3v) is 4.05. The Morgan fingerprint density at radius 3 is 2.82 bits per heavy atom. The Labute approximate surface area is 130 Å². The maximum atomic E-state index is 11.1. The number of hydrogen-bond acceptors (Lipinski definition) is 4. The minimum Gasteiger partial charge on any atom is -0.366 e. The first-order valence-corrected chi connectivity index (χ1v) is 7.47. The van der Waals surface area contributed by atoms with Gasteiger partial charge in [0.1, 0.15) is 0 Å². The summed E-state index contributed by atoms with van der Waals surface area (Å²) in [5.41, 5.74) is 8.24. The normalized spacial score (nSPS) is 19.0. The summed E-state index contributed by atoms with van der Waals surface area (Å²) >= 11 is 0. The van der Waals surface area contributed by atoms with Crippen LogP contribution in [0.5, 0.6) is 0 Å². The number of carbonyl (C=O) groups excluding carboxylic acids is 1. The predicted octanol–water partition coefficient (Wildman–Crippen LogP) is 1.33. The van der Waals surface area contributed by atoms with Gasteiger partial charge in [0, 0.05) is 50.2 Å². The summed E-state index contributed by atoms with van der Waals surface area (Å²) in [5.74, 6) is -0.387. The highest BCUT2D eigenvalue weighted by Gasteiger charge is 2.23. The van der Waals surface area contributed by atoms with Crippen molar-refractivity contribution in [2.45, 2.75) is 12.6 Å². The first kappa shape index (κ1) is 14.7.